The van der Waals surface area contributed by atoms with E-state index in [0.29, 0.717) is 11.5 Å². The largest absolute Gasteiger partial charge is 0.378 e. The maximum Gasteiger partial charge on any atom is 0.0565 e. The van der Waals surface area contributed by atoms with E-state index in [1.54, 1.807) is 0 Å². The van der Waals surface area contributed by atoms with Crippen LogP contribution in [-0.2, 0) is 4.74 Å². The Morgan fingerprint density at radius 2 is 1.79 bits per heavy atom. The van der Waals surface area contributed by atoms with Crippen molar-refractivity contribution < 1.29 is 4.74 Å². The van der Waals surface area contributed by atoms with Crippen molar-refractivity contribution in [2.75, 3.05) is 26.2 Å². The Morgan fingerprint density at radius 3 is 2.26 bits per heavy atom. The molecule has 0 spiro atoms. The molecular weight excluding hydrogens is 236 g/mol. The minimum Gasteiger partial charge on any atom is -0.378 e. The van der Waals surface area contributed by atoms with E-state index >= 15 is 0 Å². The zero-order valence-corrected chi connectivity index (χ0v) is 13.1. The minimum atomic E-state index is 0.214. The van der Waals surface area contributed by atoms with Gasteiger partial charge in [-0.25, -0.2) is 0 Å². The first-order chi connectivity index (χ1) is 9.10. The summed E-state index contributed by atoms with van der Waals surface area (Å²) in [7, 11) is 0. The lowest BCUT2D eigenvalue weighted by Crippen LogP contribution is -2.60. The van der Waals surface area contributed by atoms with Crippen molar-refractivity contribution in [2.24, 2.45) is 11.1 Å². The molecule has 2 N–H and O–H groups in total. The van der Waals surface area contributed by atoms with Crippen LogP contribution in [-0.4, -0.2) is 42.8 Å². The van der Waals surface area contributed by atoms with E-state index in [9.17, 15) is 0 Å². The van der Waals surface area contributed by atoms with Gasteiger partial charge < -0.3 is 10.5 Å². The monoisotopic (exact) mass is 268 g/mol. The summed E-state index contributed by atoms with van der Waals surface area (Å²) >= 11 is 0. The molecular formula is C16H32N2O. The number of hydrogen-bond acceptors (Lipinski definition) is 3. The van der Waals surface area contributed by atoms with Crippen molar-refractivity contribution in [3.8, 4) is 0 Å². The lowest BCUT2D eigenvalue weighted by atomic mass is 9.72. The first kappa shape index (κ1) is 15.3. The van der Waals surface area contributed by atoms with Gasteiger partial charge in [0, 0.05) is 18.7 Å². The molecule has 0 saturated carbocycles. The quantitative estimate of drug-likeness (QED) is 0.852. The van der Waals surface area contributed by atoms with Crippen molar-refractivity contribution in [3.63, 3.8) is 0 Å². The number of likely N-dealkylation sites (tertiary alicyclic amines) is 1. The van der Waals surface area contributed by atoms with Crippen molar-refractivity contribution in [1.82, 2.24) is 4.90 Å². The molecule has 2 saturated heterocycles. The fraction of sp³-hybridized carbons (Fsp3) is 1.00. The Bertz CT molecular complexity index is 280. The molecule has 2 rings (SSSR count). The van der Waals surface area contributed by atoms with Gasteiger partial charge in [-0.2, -0.15) is 0 Å². The van der Waals surface area contributed by atoms with Gasteiger partial charge in [0.2, 0.25) is 0 Å². The molecule has 19 heavy (non-hydrogen) atoms. The zero-order chi connectivity index (χ0) is 13.9. The second-order valence-corrected chi connectivity index (χ2v) is 6.76. The van der Waals surface area contributed by atoms with Crippen LogP contribution < -0.4 is 5.73 Å². The van der Waals surface area contributed by atoms with Gasteiger partial charge in [-0.1, -0.05) is 26.7 Å². The molecule has 0 aromatic rings. The van der Waals surface area contributed by atoms with Crippen LogP contribution in [0.3, 0.4) is 0 Å². The van der Waals surface area contributed by atoms with Crippen LogP contribution in [0.4, 0.5) is 0 Å². The zero-order valence-electron chi connectivity index (χ0n) is 13.1. The number of nitrogens with two attached hydrogens (primary N) is 1. The van der Waals surface area contributed by atoms with E-state index < -0.39 is 0 Å². The SMILES string of the molecule is CCC1(CC)CCN(C2(CN)CCOC(C)C2)CC1. The van der Waals surface area contributed by atoms with Crippen molar-refractivity contribution >= 4 is 0 Å². The first-order valence-corrected chi connectivity index (χ1v) is 8.16. The number of piperidine rings is 1. The van der Waals surface area contributed by atoms with E-state index in [-0.39, 0.29) is 5.54 Å². The van der Waals surface area contributed by atoms with Crippen LogP contribution in [0.15, 0.2) is 0 Å². The maximum atomic E-state index is 6.17. The molecule has 0 aliphatic carbocycles. The third-order valence-electron chi connectivity index (χ3n) is 6.01. The smallest absolute Gasteiger partial charge is 0.0565 e. The summed E-state index contributed by atoms with van der Waals surface area (Å²) < 4.78 is 5.73. The molecule has 0 aromatic carbocycles. The third kappa shape index (κ3) is 2.98. The first-order valence-electron chi connectivity index (χ1n) is 8.16. The average molecular weight is 268 g/mol. The van der Waals surface area contributed by atoms with Crippen LogP contribution in [0, 0.1) is 5.41 Å². The Labute approximate surface area is 118 Å². The fourth-order valence-corrected chi connectivity index (χ4v) is 4.16. The molecule has 2 fully saturated rings. The molecule has 2 aliphatic heterocycles. The Morgan fingerprint density at radius 1 is 1.16 bits per heavy atom. The predicted octanol–water partition coefficient (Wildman–Crippen LogP) is 2.79. The van der Waals surface area contributed by atoms with Crippen LogP contribution in [0.1, 0.15) is 59.3 Å². The van der Waals surface area contributed by atoms with Crippen LogP contribution in [0.2, 0.25) is 0 Å². The summed E-state index contributed by atoms with van der Waals surface area (Å²) in [6, 6.07) is 0. The summed E-state index contributed by atoms with van der Waals surface area (Å²) in [5, 5.41) is 0. The summed E-state index contributed by atoms with van der Waals surface area (Å²) in [6.07, 6.45) is 7.92. The Hall–Kier alpha value is -0.120. The van der Waals surface area contributed by atoms with Gasteiger partial charge in [0.1, 0.15) is 0 Å². The highest BCUT2D eigenvalue weighted by molar-refractivity contribution is 4.98. The summed E-state index contributed by atoms with van der Waals surface area (Å²) in [6.45, 7) is 11.0. The van der Waals surface area contributed by atoms with Gasteiger partial charge in [-0.15, -0.1) is 0 Å². The number of rotatable bonds is 4. The number of ether oxygens (including phenoxy) is 1. The van der Waals surface area contributed by atoms with Gasteiger partial charge >= 0.3 is 0 Å². The van der Waals surface area contributed by atoms with Crippen molar-refractivity contribution in [3.05, 3.63) is 0 Å². The van der Waals surface area contributed by atoms with Gasteiger partial charge in [0.15, 0.2) is 0 Å². The fourth-order valence-electron chi connectivity index (χ4n) is 4.16. The Kier molecular flexibility index (Phi) is 4.91. The lowest BCUT2D eigenvalue weighted by molar-refractivity contribution is -0.0805. The normalized spacial score (nSPS) is 36.3. The van der Waals surface area contributed by atoms with E-state index in [2.05, 4.69) is 25.7 Å². The summed E-state index contributed by atoms with van der Waals surface area (Å²) in [5.74, 6) is 0. The highest BCUT2D eigenvalue weighted by Gasteiger charge is 2.43. The lowest BCUT2D eigenvalue weighted by Gasteiger charge is -2.52. The van der Waals surface area contributed by atoms with Crippen LogP contribution >= 0.6 is 0 Å². The van der Waals surface area contributed by atoms with Crippen molar-refractivity contribution in [1.29, 1.82) is 0 Å². The van der Waals surface area contributed by atoms with Gasteiger partial charge in [-0.05, 0) is 51.1 Å². The second-order valence-electron chi connectivity index (χ2n) is 6.76. The molecule has 0 amide bonds. The minimum absolute atomic E-state index is 0.214. The van der Waals surface area contributed by atoms with E-state index in [1.165, 1.54) is 38.8 Å². The standard InChI is InChI=1S/C16H32N2O/c1-4-15(5-2)6-9-18(10-7-15)16(13-17)8-11-19-14(3)12-16/h14H,4-13,17H2,1-3H3. The predicted molar refractivity (Wildman–Crippen MR) is 80.3 cm³/mol. The van der Waals surface area contributed by atoms with E-state index in [0.717, 1.165) is 26.0 Å². The summed E-state index contributed by atoms with van der Waals surface area (Å²) in [4.78, 5) is 2.69. The van der Waals surface area contributed by atoms with E-state index in [4.69, 9.17) is 10.5 Å². The topological polar surface area (TPSA) is 38.5 Å². The number of hydrogen-bond donors (Lipinski definition) is 1. The maximum absolute atomic E-state index is 6.17. The van der Waals surface area contributed by atoms with E-state index in [1.807, 2.05) is 0 Å². The summed E-state index contributed by atoms with van der Waals surface area (Å²) in [5.41, 5.74) is 6.98. The van der Waals surface area contributed by atoms with Gasteiger partial charge in [0.25, 0.3) is 0 Å². The average Bonchev–Trinajstić information content (AvgIpc) is 2.47. The van der Waals surface area contributed by atoms with Gasteiger partial charge in [-0.3, -0.25) is 4.90 Å². The highest BCUT2D eigenvalue weighted by atomic mass is 16.5. The Balaban J connectivity index is 2.02. The molecule has 2 heterocycles. The molecule has 0 bridgehead atoms. The number of nitrogens with zero attached hydrogens (tertiary/aromatic N) is 1. The molecule has 112 valence electrons. The molecule has 2 aliphatic rings. The molecule has 0 radical (unpaired) electrons. The van der Waals surface area contributed by atoms with Crippen molar-refractivity contribution in [2.45, 2.75) is 70.9 Å². The molecule has 3 heteroatoms. The molecule has 3 nitrogen and oxygen atoms in total. The highest BCUT2D eigenvalue weighted by Crippen LogP contribution is 2.41. The second kappa shape index (κ2) is 6.11. The molecule has 0 aromatic heterocycles. The van der Waals surface area contributed by atoms with Crippen LogP contribution in [0.5, 0.6) is 0 Å². The molecule has 2 unspecified atom stereocenters. The third-order valence-corrected chi connectivity index (χ3v) is 6.01. The van der Waals surface area contributed by atoms with Gasteiger partial charge in [0.05, 0.1) is 6.10 Å². The molecule has 2 atom stereocenters. The van der Waals surface area contributed by atoms with Crippen LogP contribution in [0.25, 0.3) is 0 Å².